The van der Waals surface area contributed by atoms with Crippen LogP contribution in [0.4, 0.5) is 4.39 Å². The summed E-state index contributed by atoms with van der Waals surface area (Å²) >= 11 is 5.84. The number of carbonyl (C=O) groups is 1. The Bertz CT molecular complexity index is 658. The van der Waals surface area contributed by atoms with Gasteiger partial charge in [0.1, 0.15) is 11.6 Å². The highest BCUT2D eigenvalue weighted by atomic mass is 35.5. The fourth-order valence-electron chi connectivity index (χ4n) is 2.01. The number of rotatable bonds is 3. The van der Waals surface area contributed by atoms with E-state index in [0.717, 1.165) is 17.7 Å². The standard InChI is InChI=1S/C16H15ClFNO2/c1-10(11-3-5-12(17)6-4-11)19(2)16(21)14-9-13(18)7-8-15(14)20/h3-10,20H,1-2H3. The van der Waals surface area contributed by atoms with Gasteiger partial charge in [-0.05, 0) is 42.8 Å². The molecule has 1 N–H and O–H groups in total. The van der Waals surface area contributed by atoms with Crippen molar-refractivity contribution < 1.29 is 14.3 Å². The third-order valence-electron chi connectivity index (χ3n) is 3.44. The van der Waals surface area contributed by atoms with E-state index in [-0.39, 0.29) is 17.4 Å². The summed E-state index contributed by atoms with van der Waals surface area (Å²) in [5.74, 6) is -1.25. The molecule has 1 amide bonds. The Kier molecular flexibility index (Phi) is 4.48. The van der Waals surface area contributed by atoms with Crippen LogP contribution in [0.2, 0.25) is 5.02 Å². The molecule has 0 bridgehead atoms. The van der Waals surface area contributed by atoms with E-state index in [9.17, 15) is 14.3 Å². The third-order valence-corrected chi connectivity index (χ3v) is 3.69. The molecule has 2 aromatic carbocycles. The number of amides is 1. The van der Waals surface area contributed by atoms with Gasteiger partial charge in [0.05, 0.1) is 11.6 Å². The van der Waals surface area contributed by atoms with Crippen LogP contribution in [0.15, 0.2) is 42.5 Å². The molecule has 0 saturated heterocycles. The molecule has 3 nitrogen and oxygen atoms in total. The van der Waals surface area contributed by atoms with Crippen molar-refractivity contribution in [3.63, 3.8) is 0 Å². The van der Waals surface area contributed by atoms with Crippen LogP contribution in [0.25, 0.3) is 0 Å². The van der Waals surface area contributed by atoms with Gasteiger partial charge < -0.3 is 10.0 Å². The molecule has 0 fully saturated rings. The van der Waals surface area contributed by atoms with E-state index in [1.165, 1.54) is 11.0 Å². The summed E-state index contributed by atoms with van der Waals surface area (Å²) in [6.07, 6.45) is 0. The molecule has 21 heavy (non-hydrogen) atoms. The highest BCUT2D eigenvalue weighted by Crippen LogP contribution is 2.25. The Labute approximate surface area is 127 Å². The summed E-state index contributed by atoms with van der Waals surface area (Å²) in [6, 6.07) is 10.2. The zero-order valence-electron chi connectivity index (χ0n) is 11.7. The maximum atomic E-state index is 13.2. The van der Waals surface area contributed by atoms with Crippen molar-refractivity contribution in [3.8, 4) is 5.75 Å². The average molecular weight is 308 g/mol. The Balaban J connectivity index is 2.26. The normalized spacial score (nSPS) is 12.0. The highest BCUT2D eigenvalue weighted by Gasteiger charge is 2.21. The largest absolute Gasteiger partial charge is 0.507 e. The van der Waals surface area contributed by atoms with Crippen LogP contribution in [-0.2, 0) is 0 Å². The van der Waals surface area contributed by atoms with Crippen LogP contribution < -0.4 is 0 Å². The zero-order chi connectivity index (χ0) is 15.6. The average Bonchev–Trinajstić information content (AvgIpc) is 2.48. The predicted molar refractivity (Wildman–Crippen MR) is 80.0 cm³/mol. The molecule has 0 aromatic heterocycles. The second-order valence-electron chi connectivity index (χ2n) is 4.81. The number of hydrogen-bond acceptors (Lipinski definition) is 2. The first-order valence-corrected chi connectivity index (χ1v) is 6.79. The Morgan fingerprint density at radius 1 is 1.24 bits per heavy atom. The fourth-order valence-corrected chi connectivity index (χ4v) is 2.14. The Morgan fingerprint density at radius 2 is 1.86 bits per heavy atom. The van der Waals surface area contributed by atoms with Crippen LogP contribution in [0.1, 0.15) is 28.9 Å². The number of aromatic hydroxyl groups is 1. The molecular formula is C16H15ClFNO2. The van der Waals surface area contributed by atoms with Crippen LogP contribution in [0, 0.1) is 5.82 Å². The van der Waals surface area contributed by atoms with E-state index in [2.05, 4.69) is 0 Å². The molecule has 2 rings (SSSR count). The van der Waals surface area contributed by atoms with Crippen molar-refractivity contribution in [2.24, 2.45) is 0 Å². The minimum atomic E-state index is -0.566. The van der Waals surface area contributed by atoms with Crippen molar-refractivity contribution in [1.82, 2.24) is 4.90 Å². The van der Waals surface area contributed by atoms with Gasteiger partial charge in [0.2, 0.25) is 0 Å². The fraction of sp³-hybridized carbons (Fsp3) is 0.188. The highest BCUT2D eigenvalue weighted by molar-refractivity contribution is 6.30. The van der Waals surface area contributed by atoms with Gasteiger partial charge in [-0.15, -0.1) is 0 Å². The second-order valence-corrected chi connectivity index (χ2v) is 5.24. The van der Waals surface area contributed by atoms with E-state index in [1.54, 1.807) is 19.2 Å². The molecule has 0 saturated carbocycles. The minimum Gasteiger partial charge on any atom is -0.507 e. The summed E-state index contributed by atoms with van der Waals surface area (Å²) in [4.78, 5) is 13.8. The molecule has 0 heterocycles. The molecule has 0 spiro atoms. The number of phenolic OH excluding ortho intramolecular Hbond substituents is 1. The van der Waals surface area contributed by atoms with Crippen LogP contribution >= 0.6 is 11.6 Å². The summed E-state index contributed by atoms with van der Waals surface area (Å²) in [5, 5.41) is 10.3. The molecule has 0 aliphatic carbocycles. The van der Waals surface area contributed by atoms with Crippen LogP contribution in [-0.4, -0.2) is 23.0 Å². The summed E-state index contributed by atoms with van der Waals surface area (Å²) < 4.78 is 13.2. The van der Waals surface area contributed by atoms with E-state index in [4.69, 9.17) is 11.6 Å². The van der Waals surface area contributed by atoms with Gasteiger partial charge in [-0.3, -0.25) is 4.79 Å². The number of phenols is 1. The summed E-state index contributed by atoms with van der Waals surface area (Å²) in [7, 11) is 1.60. The van der Waals surface area contributed by atoms with E-state index >= 15 is 0 Å². The molecule has 1 atom stereocenters. The summed E-state index contributed by atoms with van der Waals surface area (Å²) in [6.45, 7) is 1.84. The molecule has 110 valence electrons. The first-order chi connectivity index (χ1) is 9.90. The van der Waals surface area contributed by atoms with Crippen molar-refractivity contribution in [2.75, 3.05) is 7.05 Å². The maximum absolute atomic E-state index is 13.2. The zero-order valence-corrected chi connectivity index (χ0v) is 12.4. The molecular weight excluding hydrogens is 293 g/mol. The Morgan fingerprint density at radius 3 is 2.48 bits per heavy atom. The monoisotopic (exact) mass is 307 g/mol. The van der Waals surface area contributed by atoms with Gasteiger partial charge in [-0.1, -0.05) is 23.7 Å². The Hall–Kier alpha value is -2.07. The molecule has 0 aliphatic rings. The maximum Gasteiger partial charge on any atom is 0.257 e. The van der Waals surface area contributed by atoms with Gasteiger partial charge >= 0.3 is 0 Å². The van der Waals surface area contributed by atoms with Crippen molar-refractivity contribution in [1.29, 1.82) is 0 Å². The first-order valence-electron chi connectivity index (χ1n) is 6.41. The minimum absolute atomic E-state index is 0.0571. The molecule has 2 aromatic rings. The van der Waals surface area contributed by atoms with Crippen LogP contribution in [0.3, 0.4) is 0 Å². The van der Waals surface area contributed by atoms with Crippen LogP contribution in [0.5, 0.6) is 5.75 Å². The number of hydrogen-bond donors (Lipinski definition) is 1. The number of halogens is 2. The van der Waals surface area contributed by atoms with E-state index in [1.807, 2.05) is 19.1 Å². The van der Waals surface area contributed by atoms with Gasteiger partial charge in [-0.2, -0.15) is 0 Å². The molecule has 1 unspecified atom stereocenters. The lowest BCUT2D eigenvalue weighted by Crippen LogP contribution is -2.29. The quantitative estimate of drug-likeness (QED) is 0.930. The van der Waals surface area contributed by atoms with Crippen molar-refractivity contribution in [2.45, 2.75) is 13.0 Å². The number of nitrogens with zero attached hydrogens (tertiary/aromatic N) is 1. The molecule has 0 aliphatic heterocycles. The second kappa shape index (κ2) is 6.14. The molecule has 0 radical (unpaired) electrons. The lowest BCUT2D eigenvalue weighted by molar-refractivity contribution is 0.0739. The van der Waals surface area contributed by atoms with Gasteiger partial charge in [0, 0.05) is 12.1 Å². The van der Waals surface area contributed by atoms with Gasteiger partial charge in [0.15, 0.2) is 0 Å². The van der Waals surface area contributed by atoms with Crippen molar-refractivity contribution in [3.05, 3.63) is 64.4 Å². The summed E-state index contributed by atoms with van der Waals surface area (Å²) in [5.41, 5.74) is 0.837. The van der Waals surface area contributed by atoms with Crippen molar-refractivity contribution >= 4 is 17.5 Å². The SMILES string of the molecule is CC(c1ccc(Cl)cc1)N(C)C(=O)c1cc(F)ccc1O. The third kappa shape index (κ3) is 3.34. The lowest BCUT2D eigenvalue weighted by atomic mass is 10.1. The number of carbonyl (C=O) groups excluding carboxylic acids is 1. The predicted octanol–water partition coefficient (Wildman–Crippen LogP) is 4.02. The number of benzene rings is 2. The lowest BCUT2D eigenvalue weighted by Gasteiger charge is -2.25. The van der Waals surface area contributed by atoms with Gasteiger partial charge in [0.25, 0.3) is 5.91 Å². The topological polar surface area (TPSA) is 40.5 Å². The molecule has 5 heteroatoms. The van der Waals surface area contributed by atoms with E-state index in [0.29, 0.717) is 5.02 Å². The van der Waals surface area contributed by atoms with E-state index < -0.39 is 11.7 Å². The smallest absolute Gasteiger partial charge is 0.257 e. The van der Waals surface area contributed by atoms with Gasteiger partial charge in [-0.25, -0.2) is 4.39 Å². The first kappa shape index (κ1) is 15.3.